The summed E-state index contributed by atoms with van der Waals surface area (Å²) >= 11 is 13.9. The number of nitrogens with one attached hydrogen (secondary N) is 1. The topological polar surface area (TPSA) is 59.9 Å². The lowest BCUT2D eigenvalue weighted by Gasteiger charge is -2.13. The molecule has 3 aromatic carbocycles. The number of ether oxygens (including phenoxy) is 2. The lowest BCUT2D eigenvalue weighted by atomic mass is 10.2. The zero-order chi connectivity index (χ0) is 21.5. The molecule has 0 saturated carbocycles. The Balaban J connectivity index is 1.68. The number of hydrogen-bond acceptors (Lipinski definition) is 4. The van der Waals surface area contributed by atoms with Crippen molar-refractivity contribution in [2.24, 2.45) is 5.10 Å². The van der Waals surface area contributed by atoms with Gasteiger partial charge in [0.25, 0.3) is 5.91 Å². The second-order valence-corrected chi connectivity index (χ2v) is 8.19. The van der Waals surface area contributed by atoms with Crippen molar-refractivity contribution in [2.45, 2.75) is 6.61 Å². The van der Waals surface area contributed by atoms with Crippen LogP contribution >= 0.6 is 45.8 Å². The lowest BCUT2D eigenvalue weighted by Crippen LogP contribution is -2.17. The van der Waals surface area contributed by atoms with Gasteiger partial charge in [0, 0.05) is 15.6 Å². The molecular weight excluding hydrogens is 538 g/mol. The molecule has 0 heterocycles. The van der Waals surface area contributed by atoms with Crippen molar-refractivity contribution in [3.8, 4) is 11.5 Å². The van der Waals surface area contributed by atoms with Crippen LogP contribution in [-0.2, 0) is 6.61 Å². The molecule has 0 aromatic heterocycles. The Morgan fingerprint density at radius 1 is 1.07 bits per heavy atom. The quantitative estimate of drug-likeness (QED) is 0.223. The average Bonchev–Trinajstić information content (AvgIpc) is 2.74. The van der Waals surface area contributed by atoms with Crippen molar-refractivity contribution in [1.82, 2.24) is 5.43 Å². The van der Waals surface area contributed by atoms with Gasteiger partial charge < -0.3 is 9.47 Å². The largest absolute Gasteiger partial charge is 0.493 e. The van der Waals surface area contributed by atoms with Crippen molar-refractivity contribution in [1.29, 1.82) is 0 Å². The van der Waals surface area contributed by atoms with Crippen LogP contribution < -0.4 is 14.9 Å². The van der Waals surface area contributed by atoms with Gasteiger partial charge in [-0.3, -0.25) is 4.79 Å². The van der Waals surface area contributed by atoms with Gasteiger partial charge >= 0.3 is 0 Å². The summed E-state index contributed by atoms with van der Waals surface area (Å²) in [5, 5.41) is 5.26. The van der Waals surface area contributed by atoms with Crippen LogP contribution in [0.2, 0.25) is 10.0 Å². The summed E-state index contributed by atoms with van der Waals surface area (Å²) in [6.07, 6.45) is 1.54. The summed E-state index contributed by atoms with van der Waals surface area (Å²) in [6, 6.07) is 17.7. The number of benzene rings is 3. The van der Waals surface area contributed by atoms with Crippen molar-refractivity contribution >= 4 is 57.9 Å². The molecule has 0 atom stereocenters. The van der Waals surface area contributed by atoms with Gasteiger partial charge in [0.1, 0.15) is 6.61 Å². The Morgan fingerprint density at radius 2 is 1.70 bits per heavy atom. The fourth-order valence-electron chi connectivity index (χ4n) is 2.52. The highest BCUT2D eigenvalue weighted by Gasteiger charge is 2.12. The first-order valence-corrected chi connectivity index (χ1v) is 10.6. The zero-order valence-corrected chi connectivity index (χ0v) is 19.5. The van der Waals surface area contributed by atoms with E-state index in [0.717, 1.165) is 14.7 Å². The van der Waals surface area contributed by atoms with Crippen molar-refractivity contribution in [2.75, 3.05) is 7.11 Å². The molecule has 1 amide bonds. The average molecular weight is 555 g/mol. The van der Waals surface area contributed by atoms with E-state index in [1.807, 2.05) is 30.3 Å². The molecule has 3 aromatic rings. The number of amides is 1. The number of nitrogens with zero attached hydrogens (tertiary/aromatic N) is 1. The summed E-state index contributed by atoms with van der Waals surface area (Å²) in [5.41, 5.74) is 4.71. The van der Waals surface area contributed by atoms with E-state index in [1.165, 1.54) is 0 Å². The van der Waals surface area contributed by atoms with Crippen molar-refractivity contribution < 1.29 is 14.3 Å². The molecule has 0 saturated heterocycles. The highest BCUT2D eigenvalue weighted by molar-refractivity contribution is 14.1. The van der Waals surface area contributed by atoms with Crippen LogP contribution in [0.5, 0.6) is 11.5 Å². The molecular formula is C22H17Cl2IN2O3. The molecule has 0 aliphatic carbocycles. The molecule has 1 N–H and O–H groups in total. The third kappa shape index (κ3) is 6.10. The van der Waals surface area contributed by atoms with Gasteiger partial charge in [-0.2, -0.15) is 5.10 Å². The molecule has 8 heteroatoms. The van der Waals surface area contributed by atoms with Gasteiger partial charge in [-0.25, -0.2) is 5.43 Å². The summed E-state index contributed by atoms with van der Waals surface area (Å²) < 4.78 is 12.3. The van der Waals surface area contributed by atoms with Crippen LogP contribution in [0.4, 0.5) is 0 Å². The first kappa shape index (κ1) is 22.4. The number of hydrazone groups is 1. The highest BCUT2D eigenvalue weighted by Crippen LogP contribution is 2.34. The van der Waals surface area contributed by atoms with Crippen molar-refractivity contribution in [3.63, 3.8) is 0 Å². The standard InChI is InChI=1S/C22H17Cl2IN2O3/c1-29-20-11-15(12-26-27-22(28)16-4-8-18(24)9-5-16)10-19(25)21(20)30-13-14-2-6-17(23)7-3-14/h2-12H,13H2,1H3,(H,27,28)/b26-12-. The summed E-state index contributed by atoms with van der Waals surface area (Å²) in [7, 11) is 1.57. The molecule has 30 heavy (non-hydrogen) atoms. The fourth-order valence-corrected chi connectivity index (χ4v) is 3.55. The summed E-state index contributed by atoms with van der Waals surface area (Å²) in [6.45, 7) is 0.383. The second-order valence-electron chi connectivity index (χ2n) is 6.16. The van der Waals surface area contributed by atoms with E-state index in [0.29, 0.717) is 33.7 Å². The Hall–Kier alpha value is -2.29. The van der Waals surface area contributed by atoms with Gasteiger partial charge in [0.15, 0.2) is 11.5 Å². The highest BCUT2D eigenvalue weighted by atomic mass is 127. The van der Waals surface area contributed by atoms with E-state index in [9.17, 15) is 4.79 Å². The molecule has 3 rings (SSSR count). The van der Waals surface area contributed by atoms with Crippen LogP contribution in [0.15, 0.2) is 65.8 Å². The molecule has 0 aliphatic rings. The minimum atomic E-state index is -0.326. The molecule has 0 radical (unpaired) electrons. The van der Waals surface area contributed by atoms with Crippen LogP contribution in [0.3, 0.4) is 0 Å². The Morgan fingerprint density at radius 3 is 2.33 bits per heavy atom. The lowest BCUT2D eigenvalue weighted by molar-refractivity contribution is 0.0955. The SMILES string of the molecule is COc1cc(/C=N\NC(=O)c2ccc(Cl)cc2)cc(I)c1OCc1ccc(Cl)cc1. The zero-order valence-electron chi connectivity index (χ0n) is 15.9. The Bertz CT molecular complexity index is 1060. The molecule has 0 bridgehead atoms. The van der Waals surface area contributed by atoms with Gasteiger partial charge in [-0.15, -0.1) is 0 Å². The number of methoxy groups -OCH3 is 1. The van der Waals surface area contributed by atoms with Crippen LogP contribution in [0.25, 0.3) is 0 Å². The number of hydrogen-bond donors (Lipinski definition) is 1. The van der Waals surface area contributed by atoms with Crippen LogP contribution in [0, 0.1) is 3.57 Å². The fraction of sp³-hybridized carbons (Fsp3) is 0.0909. The normalized spacial score (nSPS) is 10.8. The predicted octanol–water partition coefficient (Wildman–Crippen LogP) is 5.95. The van der Waals surface area contributed by atoms with Crippen LogP contribution in [-0.4, -0.2) is 19.2 Å². The molecule has 0 aliphatic heterocycles. The van der Waals surface area contributed by atoms with E-state index >= 15 is 0 Å². The van der Waals surface area contributed by atoms with Crippen LogP contribution in [0.1, 0.15) is 21.5 Å². The van der Waals surface area contributed by atoms with Crippen molar-refractivity contribution in [3.05, 3.63) is 91.0 Å². The molecule has 0 unspecified atom stereocenters. The monoisotopic (exact) mass is 554 g/mol. The second kappa shape index (κ2) is 10.7. The number of carbonyl (C=O) groups is 1. The Labute approximate surface area is 198 Å². The molecule has 0 fully saturated rings. The molecule has 0 spiro atoms. The summed E-state index contributed by atoms with van der Waals surface area (Å²) in [5.74, 6) is 0.879. The Kier molecular flexibility index (Phi) is 7.95. The molecule has 5 nitrogen and oxygen atoms in total. The third-order valence-electron chi connectivity index (χ3n) is 4.03. The van der Waals surface area contributed by atoms with Gasteiger partial charge in [-0.05, 0) is 82.2 Å². The first-order chi connectivity index (χ1) is 14.5. The smallest absolute Gasteiger partial charge is 0.271 e. The van der Waals surface area contributed by atoms with E-state index in [4.69, 9.17) is 32.7 Å². The maximum Gasteiger partial charge on any atom is 0.271 e. The molecule has 154 valence electrons. The van der Waals surface area contributed by atoms with E-state index in [1.54, 1.807) is 43.7 Å². The third-order valence-corrected chi connectivity index (χ3v) is 5.34. The first-order valence-electron chi connectivity index (χ1n) is 8.80. The maximum atomic E-state index is 12.1. The number of halogens is 3. The van der Waals surface area contributed by atoms with E-state index in [2.05, 4.69) is 33.1 Å². The van der Waals surface area contributed by atoms with Gasteiger partial charge in [0.2, 0.25) is 0 Å². The number of rotatable bonds is 7. The summed E-state index contributed by atoms with van der Waals surface area (Å²) in [4.78, 5) is 12.1. The predicted molar refractivity (Wildman–Crippen MR) is 128 cm³/mol. The minimum Gasteiger partial charge on any atom is -0.493 e. The minimum absolute atomic E-state index is 0.326. The van der Waals surface area contributed by atoms with E-state index in [-0.39, 0.29) is 5.91 Å². The number of carbonyl (C=O) groups excluding carboxylic acids is 1. The van der Waals surface area contributed by atoms with Gasteiger partial charge in [0.05, 0.1) is 16.9 Å². The van der Waals surface area contributed by atoms with Gasteiger partial charge in [-0.1, -0.05) is 35.3 Å². The maximum absolute atomic E-state index is 12.1. The van der Waals surface area contributed by atoms with E-state index < -0.39 is 0 Å².